The van der Waals surface area contributed by atoms with Crippen LogP contribution in [0.3, 0.4) is 0 Å². The van der Waals surface area contributed by atoms with Gasteiger partial charge in [0.2, 0.25) is 5.91 Å². The molecule has 6 heteroatoms. The average Bonchev–Trinajstić information content (AvgIpc) is 3.12. The third kappa shape index (κ3) is 5.11. The Hall–Kier alpha value is -1.76. The van der Waals surface area contributed by atoms with Crippen molar-refractivity contribution in [1.82, 2.24) is 14.8 Å². The highest BCUT2D eigenvalue weighted by molar-refractivity contribution is 7.13. The zero-order valence-electron chi connectivity index (χ0n) is 14.7. The lowest BCUT2D eigenvalue weighted by molar-refractivity contribution is -0.138. The molecular formula is C19H25N3O2S. The van der Waals surface area contributed by atoms with Crippen LogP contribution in [0.25, 0.3) is 10.6 Å². The van der Waals surface area contributed by atoms with E-state index in [4.69, 9.17) is 9.72 Å². The first-order chi connectivity index (χ1) is 12.3. The Morgan fingerprint density at radius 2 is 1.96 bits per heavy atom. The summed E-state index contributed by atoms with van der Waals surface area (Å²) in [7, 11) is 0. The van der Waals surface area contributed by atoms with E-state index < -0.39 is 0 Å². The molecule has 0 unspecified atom stereocenters. The van der Waals surface area contributed by atoms with Crippen molar-refractivity contribution in [1.29, 1.82) is 0 Å². The fraction of sp³-hybridized carbons (Fsp3) is 0.474. The molecule has 1 aromatic carbocycles. The van der Waals surface area contributed by atoms with E-state index in [0.29, 0.717) is 6.61 Å². The van der Waals surface area contributed by atoms with Crippen LogP contribution in [-0.4, -0.2) is 60.1 Å². The molecule has 5 nitrogen and oxygen atoms in total. The summed E-state index contributed by atoms with van der Waals surface area (Å²) in [6.45, 7) is 7.06. The molecule has 0 spiro atoms. The summed E-state index contributed by atoms with van der Waals surface area (Å²) in [5.74, 6) is 0.105. The number of ether oxygens (including phenoxy) is 1. The number of nitrogens with zero attached hydrogens (tertiary/aromatic N) is 3. The molecule has 0 saturated carbocycles. The summed E-state index contributed by atoms with van der Waals surface area (Å²) in [4.78, 5) is 21.1. The number of carbonyl (C=O) groups is 1. The third-order valence-electron chi connectivity index (χ3n) is 4.26. The minimum absolute atomic E-state index is 0.105. The molecule has 0 aliphatic carbocycles. The number of hydrogen-bond acceptors (Lipinski definition) is 5. The van der Waals surface area contributed by atoms with Gasteiger partial charge in [-0.15, -0.1) is 11.3 Å². The van der Waals surface area contributed by atoms with Crippen LogP contribution in [0.15, 0.2) is 35.7 Å². The van der Waals surface area contributed by atoms with Gasteiger partial charge in [0.05, 0.1) is 5.69 Å². The van der Waals surface area contributed by atoms with Crippen LogP contribution < -0.4 is 0 Å². The van der Waals surface area contributed by atoms with Crippen LogP contribution >= 0.6 is 11.3 Å². The quantitative estimate of drug-likeness (QED) is 0.713. The summed E-state index contributed by atoms with van der Waals surface area (Å²) in [5.41, 5.74) is 2.27. The molecule has 1 aliphatic heterocycles. The Bertz CT molecular complexity index is 666. The lowest BCUT2D eigenvalue weighted by atomic mass is 10.2. The van der Waals surface area contributed by atoms with Crippen molar-refractivity contribution in [3.8, 4) is 10.6 Å². The van der Waals surface area contributed by atoms with Gasteiger partial charge in [-0.3, -0.25) is 9.69 Å². The van der Waals surface area contributed by atoms with Crippen LogP contribution in [0.5, 0.6) is 0 Å². The molecule has 1 aliphatic rings. The van der Waals surface area contributed by atoms with E-state index in [2.05, 4.69) is 22.4 Å². The van der Waals surface area contributed by atoms with Crippen LogP contribution in [0.4, 0.5) is 0 Å². The Labute approximate surface area is 153 Å². The van der Waals surface area contributed by atoms with Crippen LogP contribution in [0, 0.1) is 0 Å². The minimum Gasteiger partial charge on any atom is -0.372 e. The number of hydrogen-bond donors (Lipinski definition) is 0. The molecule has 1 aromatic heterocycles. The van der Waals surface area contributed by atoms with Gasteiger partial charge in [-0.1, -0.05) is 37.3 Å². The highest BCUT2D eigenvalue weighted by Gasteiger charge is 2.21. The zero-order valence-corrected chi connectivity index (χ0v) is 15.5. The number of amides is 1. The van der Waals surface area contributed by atoms with Gasteiger partial charge in [0, 0.05) is 50.3 Å². The number of carbonyl (C=O) groups excluding carboxylic acids is 1. The Morgan fingerprint density at radius 1 is 1.20 bits per heavy atom. The van der Waals surface area contributed by atoms with Crippen LogP contribution in [0.2, 0.25) is 0 Å². The summed E-state index contributed by atoms with van der Waals surface area (Å²) >= 11 is 1.69. The van der Waals surface area contributed by atoms with Gasteiger partial charge in [0.1, 0.15) is 11.6 Å². The number of thiazole rings is 1. The maximum atomic E-state index is 12.1. The largest absolute Gasteiger partial charge is 0.372 e. The zero-order chi connectivity index (χ0) is 17.5. The predicted octanol–water partition coefficient (Wildman–Crippen LogP) is 2.88. The smallest absolute Gasteiger partial charge is 0.248 e. The highest BCUT2D eigenvalue weighted by Crippen LogP contribution is 2.24. The van der Waals surface area contributed by atoms with Crippen molar-refractivity contribution in [2.75, 3.05) is 39.4 Å². The number of rotatable bonds is 7. The first kappa shape index (κ1) is 18.0. The van der Waals surface area contributed by atoms with E-state index in [1.807, 2.05) is 30.0 Å². The predicted molar refractivity (Wildman–Crippen MR) is 101 cm³/mol. The second-order valence-corrected chi connectivity index (χ2v) is 7.08. The molecule has 1 amide bonds. The topological polar surface area (TPSA) is 45.7 Å². The molecule has 1 saturated heterocycles. The lowest BCUT2D eigenvalue weighted by Gasteiger charge is -2.34. The summed E-state index contributed by atoms with van der Waals surface area (Å²) < 4.78 is 5.35. The van der Waals surface area contributed by atoms with Crippen molar-refractivity contribution in [2.45, 2.75) is 19.9 Å². The standard InChI is InChI=1S/C19H25N3O2S/c1-2-12-24-14-18(23)22-10-8-21(9-11-22)13-17-15-25-19(20-17)16-6-4-3-5-7-16/h3-7,15H,2,8-14H2,1H3. The summed E-state index contributed by atoms with van der Waals surface area (Å²) in [5, 5.41) is 3.20. The summed E-state index contributed by atoms with van der Waals surface area (Å²) in [6.07, 6.45) is 0.944. The molecule has 0 atom stereocenters. The lowest BCUT2D eigenvalue weighted by Crippen LogP contribution is -2.49. The molecule has 3 rings (SSSR count). The maximum absolute atomic E-state index is 12.1. The third-order valence-corrected chi connectivity index (χ3v) is 5.20. The van der Waals surface area contributed by atoms with Crippen molar-refractivity contribution in [2.24, 2.45) is 0 Å². The van der Waals surface area contributed by atoms with Gasteiger partial charge in [0.15, 0.2) is 0 Å². The van der Waals surface area contributed by atoms with E-state index in [1.165, 1.54) is 5.56 Å². The number of piperazine rings is 1. The second kappa shape index (κ2) is 9.08. The van der Waals surface area contributed by atoms with E-state index in [1.54, 1.807) is 11.3 Å². The van der Waals surface area contributed by atoms with Gasteiger partial charge in [0.25, 0.3) is 0 Å². The van der Waals surface area contributed by atoms with Crippen LogP contribution in [0.1, 0.15) is 19.0 Å². The molecule has 134 valence electrons. The van der Waals surface area contributed by atoms with Crippen molar-refractivity contribution in [3.05, 3.63) is 41.4 Å². The van der Waals surface area contributed by atoms with Crippen molar-refractivity contribution < 1.29 is 9.53 Å². The van der Waals surface area contributed by atoms with Crippen molar-refractivity contribution in [3.63, 3.8) is 0 Å². The fourth-order valence-electron chi connectivity index (χ4n) is 2.87. The SMILES string of the molecule is CCCOCC(=O)N1CCN(Cc2csc(-c3ccccc3)n2)CC1. The molecule has 0 radical (unpaired) electrons. The number of aromatic nitrogens is 1. The average molecular weight is 359 g/mol. The molecule has 2 aromatic rings. The van der Waals surface area contributed by atoms with Crippen molar-refractivity contribution >= 4 is 17.2 Å². The van der Waals surface area contributed by atoms with Gasteiger partial charge in [-0.25, -0.2) is 4.98 Å². The molecular weight excluding hydrogens is 334 g/mol. The molecule has 25 heavy (non-hydrogen) atoms. The first-order valence-electron chi connectivity index (χ1n) is 8.84. The summed E-state index contributed by atoms with van der Waals surface area (Å²) in [6, 6.07) is 10.3. The Morgan fingerprint density at radius 3 is 2.68 bits per heavy atom. The van der Waals surface area contributed by atoms with E-state index in [0.717, 1.165) is 49.8 Å². The number of benzene rings is 1. The van der Waals surface area contributed by atoms with Gasteiger partial charge in [-0.05, 0) is 6.42 Å². The van der Waals surface area contributed by atoms with Gasteiger partial charge < -0.3 is 9.64 Å². The van der Waals surface area contributed by atoms with E-state index in [-0.39, 0.29) is 12.5 Å². The minimum atomic E-state index is 0.105. The fourth-order valence-corrected chi connectivity index (χ4v) is 3.69. The van der Waals surface area contributed by atoms with Crippen LogP contribution in [-0.2, 0) is 16.1 Å². The van der Waals surface area contributed by atoms with E-state index >= 15 is 0 Å². The normalized spacial score (nSPS) is 15.5. The first-order valence-corrected chi connectivity index (χ1v) is 9.72. The molecule has 0 N–H and O–H groups in total. The van der Waals surface area contributed by atoms with E-state index in [9.17, 15) is 4.79 Å². The van der Waals surface area contributed by atoms with Gasteiger partial charge >= 0.3 is 0 Å². The molecule has 0 bridgehead atoms. The second-order valence-electron chi connectivity index (χ2n) is 6.22. The highest BCUT2D eigenvalue weighted by atomic mass is 32.1. The maximum Gasteiger partial charge on any atom is 0.248 e. The monoisotopic (exact) mass is 359 g/mol. The molecule has 2 heterocycles. The Kier molecular flexibility index (Phi) is 6.55. The van der Waals surface area contributed by atoms with Gasteiger partial charge in [-0.2, -0.15) is 0 Å². The molecule has 1 fully saturated rings. The Balaban J connectivity index is 1.46.